The van der Waals surface area contributed by atoms with Gasteiger partial charge >= 0.3 is 0 Å². The molecule has 0 bridgehead atoms. The maximum atomic E-state index is 3.56. The predicted octanol–water partition coefficient (Wildman–Crippen LogP) is 7.27. The second-order valence-electron chi connectivity index (χ2n) is 7.91. The molecule has 1 heterocycles. The highest BCUT2D eigenvalue weighted by Crippen LogP contribution is 2.13. The molecule has 3 heteroatoms. The smallest absolute Gasteiger partial charge is 0.0131 e. The Morgan fingerprint density at radius 1 is 0.560 bits per heavy atom. The van der Waals surface area contributed by atoms with Crippen molar-refractivity contribution in [2.24, 2.45) is 0 Å². The average molecular weight is 375 g/mol. The standard InChI is InChI=1S/C22H46N2.ClH/c1-2-3-4-5-6-7-8-9-10-11-12-13-14-15-16-17-20-23-24-21-18-19-22-24;/h23H,2-22H2,1H3;1H. The molecule has 0 spiro atoms. The van der Waals surface area contributed by atoms with Gasteiger partial charge in [-0.1, -0.05) is 103 Å². The van der Waals surface area contributed by atoms with E-state index in [0.717, 1.165) is 0 Å². The third kappa shape index (κ3) is 17.4. The van der Waals surface area contributed by atoms with Gasteiger partial charge in [-0.05, 0) is 19.3 Å². The van der Waals surface area contributed by atoms with Gasteiger partial charge in [0.1, 0.15) is 0 Å². The van der Waals surface area contributed by atoms with E-state index in [1.165, 1.54) is 135 Å². The predicted molar refractivity (Wildman–Crippen MR) is 116 cm³/mol. The zero-order chi connectivity index (χ0) is 17.1. The third-order valence-corrected chi connectivity index (χ3v) is 5.47. The van der Waals surface area contributed by atoms with Crippen LogP contribution in [-0.4, -0.2) is 24.6 Å². The highest BCUT2D eigenvalue weighted by atomic mass is 35.5. The molecule has 0 saturated carbocycles. The van der Waals surface area contributed by atoms with E-state index in [1.807, 2.05) is 0 Å². The van der Waals surface area contributed by atoms with Gasteiger partial charge in [-0.3, -0.25) is 5.43 Å². The van der Waals surface area contributed by atoms with Gasteiger partial charge in [0.05, 0.1) is 0 Å². The molecule has 1 rings (SSSR count). The highest BCUT2D eigenvalue weighted by Gasteiger charge is 2.09. The van der Waals surface area contributed by atoms with Crippen LogP contribution in [0.4, 0.5) is 0 Å². The van der Waals surface area contributed by atoms with Gasteiger partial charge in [-0.15, -0.1) is 12.4 Å². The van der Waals surface area contributed by atoms with Crippen molar-refractivity contribution in [1.82, 2.24) is 10.4 Å². The lowest BCUT2D eigenvalue weighted by Gasteiger charge is -2.15. The Hall–Kier alpha value is 0.210. The number of nitrogens with one attached hydrogen (secondary N) is 1. The third-order valence-electron chi connectivity index (χ3n) is 5.47. The lowest BCUT2D eigenvalue weighted by Crippen LogP contribution is -2.35. The summed E-state index contributed by atoms with van der Waals surface area (Å²) < 4.78 is 0. The molecule has 1 N–H and O–H groups in total. The van der Waals surface area contributed by atoms with Crippen LogP contribution < -0.4 is 5.43 Å². The zero-order valence-electron chi connectivity index (χ0n) is 17.2. The molecule has 0 radical (unpaired) electrons. The fourth-order valence-electron chi connectivity index (χ4n) is 3.79. The molecule has 1 fully saturated rings. The van der Waals surface area contributed by atoms with Gasteiger partial charge in [0.15, 0.2) is 0 Å². The Bertz CT molecular complexity index is 242. The summed E-state index contributed by atoms with van der Waals surface area (Å²) in [4.78, 5) is 0. The summed E-state index contributed by atoms with van der Waals surface area (Å²) in [6, 6.07) is 0. The van der Waals surface area contributed by atoms with Crippen LogP contribution >= 0.6 is 12.4 Å². The number of hydrogen-bond acceptors (Lipinski definition) is 2. The van der Waals surface area contributed by atoms with Crippen molar-refractivity contribution in [2.75, 3.05) is 19.6 Å². The molecular weight excluding hydrogens is 328 g/mol. The number of nitrogens with zero attached hydrogens (tertiary/aromatic N) is 1. The summed E-state index contributed by atoms with van der Waals surface area (Å²) >= 11 is 0. The van der Waals surface area contributed by atoms with Crippen LogP contribution in [0, 0.1) is 0 Å². The van der Waals surface area contributed by atoms with Crippen LogP contribution in [0.15, 0.2) is 0 Å². The van der Waals surface area contributed by atoms with Crippen molar-refractivity contribution in [2.45, 2.75) is 122 Å². The van der Waals surface area contributed by atoms with Gasteiger partial charge in [0.2, 0.25) is 0 Å². The topological polar surface area (TPSA) is 15.3 Å². The van der Waals surface area contributed by atoms with Crippen molar-refractivity contribution >= 4 is 12.4 Å². The van der Waals surface area contributed by atoms with E-state index in [4.69, 9.17) is 0 Å². The molecule has 0 aromatic heterocycles. The summed E-state index contributed by atoms with van der Waals surface area (Å²) in [5.41, 5.74) is 3.56. The molecular formula is C22H47ClN2. The fraction of sp³-hybridized carbons (Fsp3) is 1.00. The second-order valence-corrected chi connectivity index (χ2v) is 7.91. The second kappa shape index (κ2) is 20.5. The van der Waals surface area contributed by atoms with Gasteiger partial charge in [0.25, 0.3) is 0 Å². The lowest BCUT2D eigenvalue weighted by atomic mass is 10.0. The Morgan fingerprint density at radius 2 is 0.920 bits per heavy atom. The first-order chi connectivity index (χ1) is 11.9. The van der Waals surface area contributed by atoms with Crippen molar-refractivity contribution in [1.29, 1.82) is 0 Å². The molecule has 0 unspecified atom stereocenters. The molecule has 0 aliphatic carbocycles. The van der Waals surface area contributed by atoms with Gasteiger partial charge in [-0.25, -0.2) is 5.01 Å². The van der Waals surface area contributed by atoms with E-state index in [9.17, 15) is 0 Å². The SMILES string of the molecule is CCCCCCCCCCCCCCCCCCNN1CCCC1.Cl. The Morgan fingerprint density at radius 3 is 1.32 bits per heavy atom. The fourth-order valence-corrected chi connectivity index (χ4v) is 3.79. The van der Waals surface area contributed by atoms with Crippen molar-refractivity contribution in [3.05, 3.63) is 0 Å². The van der Waals surface area contributed by atoms with Crippen LogP contribution in [-0.2, 0) is 0 Å². The molecule has 152 valence electrons. The van der Waals surface area contributed by atoms with E-state index in [0.29, 0.717) is 0 Å². The molecule has 0 amide bonds. The largest absolute Gasteiger partial charge is 0.255 e. The molecule has 25 heavy (non-hydrogen) atoms. The van der Waals surface area contributed by atoms with Crippen molar-refractivity contribution in [3.8, 4) is 0 Å². The number of unbranched alkanes of at least 4 members (excludes halogenated alkanes) is 15. The summed E-state index contributed by atoms with van der Waals surface area (Å²) in [5, 5.41) is 2.41. The summed E-state index contributed by atoms with van der Waals surface area (Å²) in [5.74, 6) is 0. The van der Waals surface area contributed by atoms with Gasteiger partial charge in [0, 0.05) is 19.6 Å². The first-order valence-corrected chi connectivity index (χ1v) is 11.4. The maximum Gasteiger partial charge on any atom is 0.0131 e. The molecule has 1 aliphatic rings. The normalized spacial score (nSPS) is 14.8. The molecule has 1 saturated heterocycles. The van der Waals surface area contributed by atoms with Crippen LogP contribution in [0.1, 0.15) is 122 Å². The minimum atomic E-state index is 0. The number of rotatable bonds is 18. The molecule has 2 nitrogen and oxygen atoms in total. The van der Waals surface area contributed by atoms with Crippen LogP contribution in [0.2, 0.25) is 0 Å². The quantitative estimate of drug-likeness (QED) is 0.254. The van der Waals surface area contributed by atoms with E-state index < -0.39 is 0 Å². The monoisotopic (exact) mass is 374 g/mol. The van der Waals surface area contributed by atoms with E-state index in [-0.39, 0.29) is 12.4 Å². The lowest BCUT2D eigenvalue weighted by molar-refractivity contribution is 0.233. The average Bonchev–Trinajstić information content (AvgIpc) is 3.11. The zero-order valence-corrected chi connectivity index (χ0v) is 18.0. The summed E-state index contributed by atoms with van der Waals surface area (Å²) in [6.07, 6.45) is 26.0. The van der Waals surface area contributed by atoms with Gasteiger partial charge < -0.3 is 0 Å². The number of hydrogen-bond donors (Lipinski definition) is 1. The van der Waals surface area contributed by atoms with E-state index in [2.05, 4.69) is 17.4 Å². The van der Waals surface area contributed by atoms with Crippen molar-refractivity contribution < 1.29 is 0 Å². The van der Waals surface area contributed by atoms with Crippen LogP contribution in [0.25, 0.3) is 0 Å². The van der Waals surface area contributed by atoms with Crippen molar-refractivity contribution in [3.63, 3.8) is 0 Å². The summed E-state index contributed by atoms with van der Waals surface area (Å²) in [7, 11) is 0. The summed E-state index contributed by atoms with van der Waals surface area (Å²) in [6.45, 7) is 6.02. The maximum absolute atomic E-state index is 3.56. The van der Waals surface area contributed by atoms with Crippen LogP contribution in [0.3, 0.4) is 0 Å². The Kier molecular flexibility index (Phi) is 20.7. The number of halogens is 1. The minimum Gasteiger partial charge on any atom is -0.255 e. The van der Waals surface area contributed by atoms with E-state index >= 15 is 0 Å². The number of hydrazine groups is 1. The van der Waals surface area contributed by atoms with E-state index in [1.54, 1.807) is 0 Å². The first-order valence-electron chi connectivity index (χ1n) is 11.4. The van der Waals surface area contributed by atoms with Gasteiger partial charge in [-0.2, -0.15) is 0 Å². The molecule has 1 aliphatic heterocycles. The molecule has 0 atom stereocenters. The minimum absolute atomic E-state index is 0. The molecule has 0 aromatic rings. The Balaban J connectivity index is 0.00000576. The molecule has 0 aromatic carbocycles. The Labute approximate surface area is 165 Å². The van der Waals surface area contributed by atoms with Crippen LogP contribution in [0.5, 0.6) is 0 Å². The highest BCUT2D eigenvalue weighted by molar-refractivity contribution is 5.85. The first kappa shape index (κ1) is 25.2.